The van der Waals surface area contributed by atoms with Crippen molar-refractivity contribution in [2.24, 2.45) is 17.8 Å². The lowest BCUT2D eigenvalue weighted by molar-refractivity contribution is 0.0998. The lowest BCUT2D eigenvalue weighted by Crippen LogP contribution is -2.06. The van der Waals surface area contributed by atoms with Crippen LogP contribution in [-0.2, 0) is 4.74 Å². The van der Waals surface area contributed by atoms with Gasteiger partial charge in [-0.05, 0) is 43.4 Å². The highest BCUT2D eigenvalue weighted by molar-refractivity contribution is 4.90. The van der Waals surface area contributed by atoms with Gasteiger partial charge in [-0.15, -0.1) is 0 Å². The van der Waals surface area contributed by atoms with E-state index >= 15 is 0 Å². The van der Waals surface area contributed by atoms with Crippen molar-refractivity contribution in [1.82, 2.24) is 0 Å². The third-order valence-electron chi connectivity index (χ3n) is 3.54. The molecule has 0 spiro atoms. The van der Waals surface area contributed by atoms with Crippen LogP contribution in [0.25, 0.3) is 0 Å². The molecular weight excluding hydrogens is 136 g/mol. The summed E-state index contributed by atoms with van der Waals surface area (Å²) in [6, 6.07) is 0. The number of hydrogen-bond donors (Lipinski definition) is 0. The van der Waals surface area contributed by atoms with E-state index in [4.69, 9.17) is 4.74 Å². The minimum absolute atomic E-state index is 0.595. The molecule has 2 aliphatic carbocycles. The van der Waals surface area contributed by atoms with Crippen molar-refractivity contribution in [3.8, 4) is 0 Å². The standard InChI is InChI=1S/C10H18O/c1-7-3-8-5-10(11-2)6-9(8)4-7/h7-10H,3-6H2,1-2H3/t7?,8-,9+,10+. The van der Waals surface area contributed by atoms with Gasteiger partial charge in [0.2, 0.25) is 0 Å². The van der Waals surface area contributed by atoms with Crippen LogP contribution in [0, 0.1) is 17.8 Å². The summed E-state index contributed by atoms with van der Waals surface area (Å²) in [5, 5.41) is 0. The van der Waals surface area contributed by atoms with Crippen molar-refractivity contribution in [3.63, 3.8) is 0 Å². The van der Waals surface area contributed by atoms with Gasteiger partial charge >= 0.3 is 0 Å². The van der Waals surface area contributed by atoms with Crippen LogP contribution in [0.4, 0.5) is 0 Å². The van der Waals surface area contributed by atoms with Crippen molar-refractivity contribution in [2.45, 2.75) is 38.7 Å². The molecule has 0 amide bonds. The number of rotatable bonds is 1. The SMILES string of the molecule is CO[C@H]1C[C@H]2CC(C)C[C@H]2C1. The molecule has 0 aliphatic heterocycles. The maximum absolute atomic E-state index is 5.38. The highest BCUT2D eigenvalue weighted by Crippen LogP contribution is 2.47. The Balaban J connectivity index is 1.93. The molecule has 0 aromatic rings. The topological polar surface area (TPSA) is 9.23 Å². The van der Waals surface area contributed by atoms with Gasteiger partial charge in [-0.2, -0.15) is 0 Å². The van der Waals surface area contributed by atoms with Gasteiger partial charge in [0.1, 0.15) is 0 Å². The van der Waals surface area contributed by atoms with Crippen LogP contribution < -0.4 is 0 Å². The van der Waals surface area contributed by atoms with Crippen LogP contribution in [0.3, 0.4) is 0 Å². The quantitative estimate of drug-likeness (QED) is 0.563. The third kappa shape index (κ3) is 1.31. The molecule has 0 heterocycles. The zero-order chi connectivity index (χ0) is 7.84. The summed E-state index contributed by atoms with van der Waals surface area (Å²) in [7, 11) is 1.86. The van der Waals surface area contributed by atoms with Gasteiger partial charge in [-0.25, -0.2) is 0 Å². The first-order valence-electron chi connectivity index (χ1n) is 4.82. The Morgan fingerprint density at radius 2 is 1.55 bits per heavy atom. The van der Waals surface area contributed by atoms with Crippen LogP contribution in [0.2, 0.25) is 0 Å². The van der Waals surface area contributed by atoms with E-state index in [1.54, 1.807) is 0 Å². The van der Waals surface area contributed by atoms with Crippen LogP contribution in [-0.4, -0.2) is 13.2 Å². The average Bonchev–Trinajstić information content (AvgIpc) is 2.43. The van der Waals surface area contributed by atoms with E-state index < -0.39 is 0 Å². The Bertz CT molecular complexity index is 130. The summed E-state index contributed by atoms with van der Waals surface area (Å²) in [6.07, 6.45) is 6.20. The van der Waals surface area contributed by atoms with Gasteiger partial charge in [-0.3, -0.25) is 0 Å². The molecule has 0 aromatic heterocycles. The van der Waals surface area contributed by atoms with Crippen LogP contribution >= 0.6 is 0 Å². The van der Waals surface area contributed by atoms with Crippen molar-refractivity contribution < 1.29 is 4.74 Å². The lowest BCUT2D eigenvalue weighted by Gasteiger charge is -2.09. The lowest BCUT2D eigenvalue weighted by atomic mass is 10.0. The smallest absolute Gasteiger partial charge is 0.0576 e. The predicted molar refractivity (Wildman–Crippen MR) is 45.4 cm³/mol. The van der Waals surface area contributed by atoms with E-state index in [2.05, 4.69) is 6.92 Å². The molecular formula is C10H18O. The predicted octanol–water partition coefficient (Wildman–Crippen LogP) is 2.46. The summed E-state index contributed by atoms with van der Waals surface area (Å²) < 4.78 is 5.38. The van der Waals surface area contributed by atoms with Gasteiger partial charge in [0.25, 0.3) is 0 Å². The summed E-state index contributed by atoms with van der Waals surface area (Å²) in [5.41, 5.74) is 0. The van der Waals surface area contributed by atoms with Crippen LogP contribution in [0.15, 0.2) is 0 Å². The van der Waals surface area contributed by atoms with Crippen LogP contribution in [0.5, 0.6) is 0 Å². The Morgan fingerprint density at radius 3 is 2.00 bits per heavy atom. The second kappa shape index (κ2) is 2.78. The Labute approximate surface area is 69.1 Å². The molecule has 64 valence electrons. The number of hydrogen-bond acceptors (Lipinski definition) is 1. The van der Waals surface area contributed by atoms with Crippen molar-refractivity contribution >= 4 is 0 Å². The average molecular weight is 154 g/mol. The molecule has 4 atom stereocenters. The fourth-order valence-electron chi connectivity index (χ4n) is 3.06. The molecule has 0 aromatic carbocycles. The van der Waals surface area contributed by atoms with E-state index in [1.807, 2.05) is 7.11 Å². The van der Waals surface area contributed by atoms with Gasteiger partial charge in [0, 0.05) is 7.11 Å². The highest BCUT2D eigenvalue weighted by atomic mass is 16.5. The first kappa shape index (κ1) is 7.60. The fraction of sp³-hybridized carbons (Fsp3) is 1.00. The van der Waals surface area contributed by atoms with Crippen molar-refractivity contribution in [3.05, 3.63) is 0 Å². The summed E-state index contributed by atoms with van der Waals surface area (Å²) in [6.45, 7) is 2.39. The molecule has 2 rings (SSSR count). The Morgan fingerprint density at radius 1 is 1.00 bits per heavy atom. The minimum Gasteiger partial charge on any atom is -0.381 e. The summed E-state index contributed by atoms with van der Waals surface area (Å²) in [4.78, 5) is 0. The van der Waals surface area contributed by atoms with Gasteiger partial charge < -0.3 is 4.74 Å². The zero-order valence-corrected chi connectivity index (χ0v) is 7.55. The molecule has 0 N–H and O–H groups in total. The zero-order valence-electron chi connectivity index (χ0n) is 7.55. The molecule has 2 saturated carbocycles. The Kier molecular flexibility index (Phi) is 1.92. The van der Waals surface area contributed by atoms with E-state index in [0.717, 1.165) is 17.8 Å². The largest absolute Gasteiger partial charge is 0.381 e. The van der Waals surface area contributed by atoms with Gasteiger partial charge in [0.05, 0.1) is 6.10 Å². The monoisotopic (exact) mass is 154 g/mol. The molecule has 0 radical (unpaired) electrons. The minimum atomic E-state index is 0.595. The van der Waals surface area contributed by atoms with E-state index in [1.165, 1.54) is 25.7 Å². The maximum atomic E-state index is 5.38. The van der Waals surface area contributed by atoms with E-state index in [-0.39, 0.29) is 0 Å². The fourth-order valence-corrected chi connectivity index (χ4v) is 3.06. The van der Waals surface area contributed by atoms with E-state index in [0.29, 0.717) is 6.10 Å². The number of methoxy groups -OCH3 is 1. The molecule has 1 nitrogen and oxygen atoms in total. The normalized spacial score (nSPS) is 49.6. The molecule has 0 saturated heterocycles. The van der Waals surface area contributed by atoms with Crippen molar-refractivity contribution in [2.75, 3.05) is 7.11 Å². The first-order valence-corrected chi connectivity index (χ1v) is 4.82. The van der Waals surface area contributed by atoms with Crippen LogP contribution in [0.1, 0.15) is 32.6 Å². The molecule has 2 aliphatic rings. The highest BCUT2D eigenvalue weighted by Gasteiger charge is 2.39. The molecule has 11 heavy (non-hydrogen) atoms. The van der Waals surface area contributed by atoms with Gasteiger partial charge in [-0.1, -0.05) is 6.92 Å². The maximum Gasteiger partial charge on any atom is 0.0576 e. The molecule has 0 bridgehead atoms. The molecule has 2 fully saturated rings. The first-order chi connectivity index (χ1) is 5.29. The second-order valence-electron chi connectivity index (χ2n) is 4.43. The number of ether oxygens (including phenoxy) is 1. The van der Waals surface area contributed by atoms with Gasteiger partial charge in [0.15, 0.2) is 0 Å². The van der Waals surface area contributed by atoms with E-state index in [9.17, 15) is 0 Å². The van der Waals surface area contributed by atoms with Crippen molar-refractivity contribution in [1.29, 1.82) is 0 Å². The second-order valence-corrected chi connectivity index (χ2v) is 4.43. The summed E-state index contributed by atoms with van der Waals surface area (Å²) >= 11 is 0. The third-order valence-corrected chi connectivity index (χ3v) is 3.54. The molecule has 1 unspecified atom stereocenters. The Hall–Kier alpha value is -0.0400. The number of fused-ring (bicyclic) bond motifs is 1. The molecule has 1 heteroatoms. The summed E-state index contributed by atoms with van der Waals surface area (Å²) in [5.74, 6) is 3.01.